The van der Waals surface area contributed by atoms with Crippen LogP contribution in [0, 0.1) is 5.41 Å². The number of aldehydes is 1. The molecule has 1 aliphatic rings. The average molecular weight is 735 g/mol. The van der Waals surface area contributed by atoms with E-state index in [-0.39, 0.29) is 60.6 Å². The maximum atomic E-state index is 12.6. The van der Waals surface area contributed by atoms with E-state index in [9.17, 15) is 19.2 Å². The molecule has 1 fully saturated rings. The molecule has 0 aromatic rings. The molecule has 1 atom stereocenters. The summed E-state index contributed by atoms with van der Waals surface area (Å²) in [7, 11) is 1.71. The Bertz CT molecular complexity index is 957. The van der Waals surface area contributed by atoms with E-state index in [1.807, 2.05) is 77.0 Å². The standard InChI is InChI=1S/C25H50N6O4.C5H10O2.C5H12O.CH2O2/c1-8-28-17-30(15-22(33)27-12-10-9-11-21(26)24(2,3)4)19-29(13-14-32)20-31(18-28)16-23(34)35-25(5,6)7;1-5(2,3)7-4-6;1-5(2,3)6-4;2-1-3/h14,21H,8-13,15-20,26H2,1-7H3,(H,27,33);4H,1-3H3;1-4H3;1H,(H,2,3). The first-order valence-electron chi connectivity index (χ1n) is 17.6. The summed E-state index contributed by atoms with van der Waals surface area (Å²) < 4.78 is 15.0. The van der Waals surface area contributed by atoms with Crippen molar-refractivity contribution in [3.63, 3.8) is 0 Å². The monoisotopic (exact) mass is 735 g/mol. The zero-order valence-electron chi connectivity index (χ0n) is 34.4. The van der Waals surface area contributed by atoms with Gasteiger partial charge in [-0.15, -0.1) is 0 Å². The van der Waals surface area contributed by atoms with Gasteiger partial charge in [0.25, 0.3) is 12.9 Å². The van der Waals surface area contributed by atoms with E-state index in [1.165, 1.54) is 0 Å². The molecule has 1 unspecified atom stereocenters. The number of carboxylic acid groups (broad SMARTS) is 1. The highest BCUT2D eigenvalue weighted by molar-refractivity contribution is 5.78. The van der Waals surface area contributed by atoms with Gasteiger partial charge in [-0.1, -0.05) is 34.1 Å². The van der Waals surface area contributed by atoms with Crippen molar-refractivity contribution in [3.05, 3.63) is 0 Å². The van der Waals surface area contributed by atoms with Crippen LogP contribution in [-0.4, -0.2) is 145 Å². The van der Waals surface area contributed by atoms with Gasteiger partial charge in [-0.05, 0) is 87.1 Å². The third-order valence-electron chi connectivity index (χ3n) is 6.91. The lowest BCUT2D eigenvalue weighted by Gasteiger charge is -2.41. The minimum absolute atomic E-state index is 0.0292. The fourth-order valence-corrected chi connectivity index (χ4v) is 4.04. The number of unbranched alkanes of at least 4 members (excludes halogenated alkanes) is 1. The molecule has 0 spiro atoms. The van der Waals surface area contributed by atoms with Gasteiger partial charge >= 0.3 is 5.97 Å². The Morgan fingerprint density at radius 1 is 0.784 bits per heavy atom. The van der Waals surface area contributed by atoms with Crippen molar-refractivity contribution in [1.29, 1.82) is 0 Å². The second-order valence-corrected chi connectivity index (χ2v) is 16.4. The average Bonchev–Trinajstić information content (AvgIpc) is 2.94. The van der Waals surface area contributed by atoms with Gasteiger partial charge in [0.2, 0.25) is 5.91 Å². The van der Waals surface area contributed by atoms with Gasteiger partial charge in [-0.25, -0.2) is 0 Å². The maximum Gasteiger partial charge on any atom is 0.320 e. The molecular weight excluding hydrogens is 660 g/mol. The highest BCUT2D eigenvalue weighted by Gasteiger charge is 2.27. The van der Waals surface area contributed by atoms with Gasteiger partial charge in [-0.2, -0.15) is 0 Å². The van der Waals surface area contributed by atoms with Gasteiger partial charge in [0.1, 0.15) is 17.5 Å². The first-order valence-corrected chi connectivity index (χ1v) is 17.6. The molecule has 15 heteroatoms. The number of esters is 1. The van der Waals surface area contributed by atoms with E-state index in [0.29, 0.717) is 39.7 Å². The molecule has 4 N–H and O–H groups in total. The molecule has 1 heterocycles. The van der Waals surface area contributed by atoms with Gasteiger partial charge in [-0.3, -0.25) is 38.8 Å². The van der Waals surface area contributed by atoms with E-state index in [4.69, 9.17) is 25.1 Å². The number of nitrogens with two attached hydrogens (primary N) is 1. The summed E-state index contributed by atoms with van der Waals surface area (Å²) in [6, 6.07) is 0.151. The summed E-state index contributed by atoms with van der Waals surface area (Å²) in [6.45, 7) is 29.8. The zero-order chi connectivity index (χ0) is 40.5. The van der Waals surface area contributed by atoms with Gasteiger partial charge in [0.15, 0.2) is 0 Å². The Morgan fingerprint density at radius 3 is 1.61 bits per heavy atom. The third kappa shape index (κ3) is 35.5. The van der Waals surface area contributed by atoms with Crippen molar-refractivity contribution in [2.75, 3.05) is 66.5 Å². The van der Waals surface area contributed by atoms with Crippen molar-refractivity contribution >= 4 is 31.1 Å². The predicted molar refractivity (Wildman–Crippen MR) is 201 cm³/mol. The van der Waals surface area contributed by atoms with Crippen LogP contribution in [0.15, 0.2) is 0 Å². The molecule has 0 radical (unpaired) electrons. The lowest BCUT2D eigenvalue weighted by molar-refractivity contribution is -0.158. The summed E-state index contributed by atoms with van der Waals surface area (Å²) >= 11 is 0. The Morgan fingerprint density at radius 2 is 1.25 bits per heavy atom. The van der Waals surface area contributed by atoms with Crippen LogP contribution in [0.5, 0.6) is 0 Å². The van der Waals surface area contributed by atoms with Crippen LogP contribution in [0.2, 0.25) is 0 Å². The molecule has 302 valence electrons. The quantitative estimate of drug-likeness (QED) is 0.142. The van der Waals surface area contributed by atoms with E-state index in [1.54, 1.807) is 7.11 Å². The van der Waals surface area contributed by atoms with Crippen molar-refractivity contribution in [2.45, 2.75) is 132 Å². The molecular formula is C36H74N6O9. The van der Waals surface area contributed by atoms with Crippen LogP contribution in [-0.2, 0) is 38.2 Å². The second-order valence-electron chi connectivity index (χ2n) is 16.4. The predicted octanol–water partition coefficient (Wildman–Crippen LogP) is 3.35. The van der Waals surface area contributed by atoms with Gasteiger partial charge in [0, 0.05) is 19.7 Å². The Labute approximate surface area is 308 Å². The SMILES string of the molecule is CC(C)(C)OC=O.CCN1CN(CC(=O)NCCCCC(N)C(C)(C)C)CN(CC=O)CN(CC(=O)OC(C)(C)C)C1.COC(C)(C)C.O=CO. The largest absolute Gasteiger partial charge is 0.483 e. The number of hydrogen-bond donors (Lipinski definition) is 3. The minimum Gasteiger partial charge on any atom is -0.483 e. The Hall–Kier alpha value is -2.69. The highest BCUT2D eigenvalue weighted by Crippen LogP contribution is 2.21. The number of nitrogens with one attached hydrogen (secondary N) is 1. The van der Waals surface area contributed by atoms with Crippen molar-refractivity contribution < 1.29 is 43.3 Å². The van der Waals surface area contributed by atoms with E-state index in [0.717, 1.165) is 32.1 Å². The molecule has 1 aliphatic heterocycles. The molecule has 0 saturated carbocycles. The Kier molecular flexibility index (Phi) is 27.9. The number of carbonyl (C=O) groups excluding carboxylic acids is 4. The fourth-order valence-electron chi connectivity index (χ4n) is 4.04. The molecule has 0 aliphatic carbocycles. The molecule has 1 saturated heterocycles. The summed E-state index contributed by atoms with van der Waals surface area (Å²) in [5.74, 6) is -0.321. The molecule has 51 heavy (non-hydrogen) atoms. The van der Waals surface area contributed by atoms with Crippen LogP contribution in [0.1, 0.15) is 109 Å². The number of hydrogen-bond acceptors (Lipinski definition) is 13. The van der Waals surface area contributed by atoms with Gasteiger partial charge in [0.05, 0.1) is 51.9 Å². The minimum atomic E-state index is -0.546. The molecule has 0 aromatic carbocycles. The number of rotatable bonds is 13. The molecule has 0 bridgehead atoms. The lowest BCUT2D eigenvalue weighted by Crippen LogP contribution is -2.57. The van der Waals surface area contributed by atoms with Crippen molar-refractivity contribution in [2.24, 2.45) is 11.1 Å². The second kappa shape index (κ2) is 27.0. The first-order chi connectivity index (χ1) is 23.3. The van der Waals surface area contributed by atoms with Gasteiger partial charge < -0.3 is 35.2 Å². The van der Waals surface area contributed by atoms with Crippen LogP contribution < -0.4 is 11.1 Å². The summed E-state index contributed by atoms with van der Waals surface area (Å²) in [6.07, 6.45) is 3.67. The maximum absolute atomic E-state index is 12.6. The fraction of sp³-hybridized carbons (Fsp3) is 0.861. The van der Waals surface area contributed by atoms with Crippen molar-refractivity contribution in [1.82, 2.24) is 24.9 Å². The molecule has 1 amide bonds. The number of methoxy groups -OCH3 is 1. The first kappa shape index (κ1) is 52.7. The third-order valence-corrected chi connectivity index (χ3v) is 6.91. The van der Waals surface area contributed by atoms with Crippen LogP contribution in [0.4, 0.5) is 0 Å². The topological polar surface area (TPSA) is 184 Å². The van der Waals surface area contributed by atoms with E-state index in [2.05, 4.69) is 42.6 Å². The number of amides is 1. The van der Waals surface area contributed by atoms with E-state index < -0.39 is 5.60 Å². The number of nitrogens with zero attached hydrogens (tertiary/aromatic N) is 4. The normalized spacial score (nSPS) is 15.8. The lowest BCUT2D eigenvalue weighted by atomic mass is 9.84. The molecule has 0 aromatic heterocycles. The summed E-state index contributed by atoms with van der Waals surface area (Å²) in [5.41, 5.74) is 5.48. The van der Waals surface area contributed by atoms with E-state index >= 15 is 0 Å². The van der Waals surface area contributed by atoms with Crippen molar-refractivity contribution in [3.8, 4) is 0 Å². The summed E-state index contributed by atoms with van der Waals surface area (Å²) in [4.78, 5) is 62.3. The Balaban J connectivity index is -0.00000119. The molecule has 15 nitrogen and oxygen atoms in total. The zero-order valence-corrected chi connectivity index (χ0v) is 34.4. The smallest absolute Gasteiger partial charge is 0.320 e. The summed E-state index contributed by atoms with van der Waals surface area (Å²) in [5, 5.41) is 9.90. The van der Waals surface area contributed by atoms with Crippen LogP contribution in [0.3, 0.4) is 0 Å². The molecule has 1 rings (SSSR count). The number of carbonyl (C=O) groups is 5. The number of ether oxygens (including phenoxy) is 3. The van der Waals surface area contributed by atoms with Crippen LogP contribution >= 0.6 is 0 Å². The van der Waals surface area contributed by atoms with Crippen LogP contribution in [0.25, 0.3) is 0 Å². The highest BCUT2D eigenvalue weighted by atomic mass is 16.6.